The zero-order valence-corrected chi connectivity index (χ0v) is 25.0. The number of anilines is 1. The quantitative estimate of drug-likeness (QED) is 0.220. The molecule has 0 aliphatic rings. The van der Waals surface area contributed by atoms with Crippen LogP contribution in [0.4, 0.5) is 11.4 Å². The van der Waals surface area contributed by atoms with E-state index in [9.17, 15) is 28.1 Å². The van der Waals surface area contributed by atoms with Crippen molar-refractivity contribution < 1.29 is 27.7 Å². The van der Waals surface area contributed by atoms with Gasteiger partial charge in [0.2, 0.25) is 21.8 Å². The number of hydrogen-bond donors (Lipinski definition) is 1. The summed E-state index contributed by atoms with van der Waals surface area (Å²) in [6.45, 7) is 3.23. The zero-order chi connectivity index (χ0) is 30.9. The first kappa shape index (κ1) is 32.1. The minimum atomic E-state index is -4.07. The number of nitro benzene ring substituents is 1. The number of nitrogens with zero attached hydrogens (tertiary/aromatic N) is 3. The van der Waals surface area contributed by atoms with Crippen LogP contribution in [0.2, 0.25) is 0 Å². The number of benzene rings is 3. The summed E-state index contributed by atoms with van der Waals surface area (Å²) >= 11 is 0. The zero-order valence-electron chi connectivity index (χ0n) is 24.1. The number of nitrogens with one attached hydrogen (secondary N) is 1. The minimum absolute atomic E-state index is 0.0106. The van der Waals surface area contributed by atoms with Gasteiger partial charge in [0, 0.05) is 31.6 Å². The molecule has 3 aromatic rings. The van der Waals surface area contributed by atoms with Gasteiger partial charge in [0.15, 0.2) is 0 Å². The molecule has 0 bridgehead atoms. The average Bonchev–Trinajstić information content (AvgIpc) is 2.96. The Bertz CT molecular complexity index is 1510. The number of non-ortho nitro benzene ring substituents is 1. The molecule has 0 aromatic heterocycles. The van der Waals surface area contributed by atoms with Crippen molar-refractivity contribution in [1.82, 2.24) is 10.2 Å². The Balaban J connectivity index is 2.11. The Morgan fingerprint density at radius 1 is 1.02 bits per heavy atom. The molecule has 224 valence electrons. The molecule has 2 amide bonds. The maximum absolute atomic E-state index is 14.1. The lowest BCUT2D eigenvalue weighted by Crippen LogP contribution is -2.53. The summed E-state index contributed by atoms with van der Waals surface area (Å²) in [5.41, 5.74) is 1.61. The molecule has 3 aromatic carbocycles. The summed E-state index contributed by atoms with van der Waals surface area (Å²) in [7, 11) is -2.55. The fourth-order valence-corrected chi connectivity index (χ4v) is 5.36. The highest BCUT2D eigenvalue weighted by molar-refractivity contribution is 7.92. The molecule has 11 nitrogen and oxygen atoms in total. The van der Waals surface area contributed by atoms with E-state index in [1.807, 2.05) is 37.3 Å². The number of sulfonamides is 1. The highest BCUT2D eigenvalue weighted by Gasteiger charge is 2.33. The van der Waals surface area contributed by atoms with Gasteiger partial charge in [-0.15, -0.1) is 0 Å². The monoisotopic (exact) mass is 596 g/mol. The number of rotatable bonds is 14. The molecular formula is C30H36N4O7S. The largest absolute Gasteiger partial charge is 0.497 e. The third-order valence-electron chi connectivity index (χ3n) is 6.66. The van der Waals surface area contributed by atoms with Gasteiger partial charge in [0.25, 0.3) is 5.69 Å². The number of carbonyl (C=O) groups is 2. The summed E-state index contributed by atoms with van der Waals surface area (Å²) < 4.78 is 32.2. The lowest BCUT2D eigenvalue weighted by molar-refractivity contribution is -0.384. The van der Waals surface area contributed by atoms with E-state index in [1.165, 1.54) is 24.1 Å². The normalized spacial score (nSPS) is 11.8. The van der Waals surface area contributed by atoms with E-state index < -0.39 is 33.4 Å². The Morgan fingerprint density at radius 3 is 2.33 bits per heavy atom. The summed E-state index contributed by atoms with van der Waals surface area (Å²) in [4.78, 5) is 39.9. The predicted molar refractivity (Wildman–Crippen MR) is 161 cm³/mol. The molecule has 0 aliphatic carbocycles. The van der Waals surface area contributed by atoms with E-state index in [0.29, 0.717) is 29.8 Å². The standard InChI is InChI=1S/C30H36N4O7S/c1-5-16-31-30(36)28(18-23-10-7-6-8-11-23)32(20-24-12-9-13-26(17-24)41-3)29(35)21-33(42(4,39)40)27-19-25(34(37)38)15-14-22(27)2/h6-15,17,19,28H,5,16,18,20-21H2,1-4H3,(H,31,36). The van der Waals surface area contributed by atoms with Gasteiger partial charge >= 0.3 is 0 Å². The molecular weight excluding hydrogens is 560 g/mol. The number of nitro groups is 1. The van der Waals surface area contributed by atoms with Crippen molar-refractivity contribution in [2.75, 3.05) is 30.8 Å². The van der Waals surface area contributed by atoms with E-state index in [-0.39, 0.29) is 30.2 Å². The molecule has 12 heteroatoms. The van der Waals surface area contributed by atoms with Gasteiger partial charge in [-0.3, -0.25) is 24.0 Å². The lowest BCUT2D eigenvalue weighted by Gasteiger charge is -2.33. The van der Waals surface area contributed by atoms with Gasteiger partial charge in [-0.1, -0.05) is 55.5 Å². The van der Waals surface area contributed by atoms with Crippen LogP contribution in [0.3, 0.4) is 0 Å². The first-order valence-electron chi connectivity index (χ1n) is 13.4. The second kappa shape index (κ2) is 14.4. The Kier molecular flexibility index (Phi) is 11.0. The van der Waals surface area contributed by atoms with Crippen molar-refractivity contribution in [3.63, 3.8) is 0 Å². The molecule has 1 atom stereocenters. The van der Waals surface area contributed by atoms with Crippen LogP contribution < -0.4 is 14.4 Å². The van der Waals surface area contributed by atoms with Gasteiger partial charge in [-0.2, -0.15) is 0 Å². The summed E-state index contributed by atoms with van der Waals surface area (Å²) in [6.07, 6.45) is 1.79. The van der Waals surface area contributed by atoms with E-state index >= 15 is 0 Å². The third-order valence-corrected chi connectivity index (χ3v) is 7.79. The van der Waals surface area contributed by atoms with Gasteiger partial charge in [-0.25, -0.2) is 8.42 Å². The van der Waals surface area contributed by atoms with Gasteiger partial charge < -0.3 is 15.0 Å². The molecule has 0 spiro atoms. The highest BCUT2D eigenvalue weighted by Crippen LogP contribution is 2.28. The predicted octanol–water partition coefficient (Wildman–Crippen LogP) is 3.84. The van der Waals surface area contributed by atoms with Gasteiger partial charge in [0.1, 0.15) is 18.3 Å². The molecule has 1 unspecified atom stereocenters. The number of aryl methyl sites for hydroxylation is 1. The topological polar surface area (TPSA) is 139 Å². The van der Waals surface area contributed by atoms with Crippen LogP contribution in [0.15, 0.2) is 72.8 Å². The maximum Gasteiger partial charge on any atom is 0.271 e. The van der Waals surface area contributed by atoms with Crippen LogP contribution in [0.25, 0.3) is 0 Å². The summed E-state index contributed by atoms with van der Waals surface area (Å²) in [6, 6.07) is 19.1. The Hall–Kier alpha value is -4.45. The molecule has 0 saturated carbocycles. The summed E-state index contributed by atoms with van der Waals surface area (Å²) in [5.74, 6) is -0.476. The van der Waals surface area contributed by atoms with Crippen LogP contribution >= 0.6 is 0 Å². The van der Waals surface area contributed by atoms with Crippen LogP contribution in [0, 0.1) is 17.0 Å². The molecule has 3 rings (SSSR count). The first-order chi connectivity index (χ1) is 19.9. The van der Waals surface area contributed by atoms with Crippen LogP contribution in [0.1, 0.15) is 30.0 Å². The molecule has 0 heterocycles. The number of ether oxygens (including phenoxy) is 1. The molecule has 0 radical (unpaired) electrons. The van der Waals surface area contributed by atoms with Gasteiger partial charge in [-0.05, 0) is 42.2 Å². The fraction of sp³-hybridized carbons (Fsp3) is 0.333. The minimum Gasteiger partial charge on any atom is -0.497 e. The van der Waals surface area contributed by atoms with Crippen molar-refractivity contribution in [2.24, 2.45) is 0 Å². The smallest absolute Gasteiger partial charge is 0.271 e. The molecule has 1 N–H and O–H groups in total. The molecule has 0 aliphatic heterocycles. The number of hydrogen-bond acceptors (Lipinski definition) is 7. The number of amides is 2. The number of methoxy groups -OCH3 is 1. The first-order valence-corrected chi connectivity index (χ1v) is 15.3. The van der Waals surface area contributed by atoms with E-state index in [2.05, 4.69) is 5.32 Å². The van der Waals surface area contributed by atoms with Crippen LogP contribution in [0.5, 0.6) is 5.75 Å². The highest BCUT2D eigenvalue weighted by atomic mass is 32.2. The fourth-order valence-electron chi connectivity index (χ4n) is 4.46. The second-order valence-corrected chi connectivity index (χ2v) is 11.8. The Morgan fingerprint density at radius 2 is 1.71 bits per heavy atom. The van der Waals surface area contributed by atoms with E-state index in [0.717, 1.165) is 22.2 Å². The average molecular weight is 597 g/mol. The molecule has 0 saturated heterocycles. The molecule has 0 fully saturated rings. The SMILES string of the molecule is CCCNC(=O)C(Cc1ccccc1)N(Cc1cccc(OC)c1)C(=O)CN(c1cc([N+](=O)[O-])ccc1C)S(C)(=O)=O. The maximum atomic E-state index is 14.1. The summed E-state index contributed by atoms with van der Waals surface area (Å²) in [5, 5.41) is 14.3. The third kappa shape index (κ3) is 8.53. The second-order valence-electron chi connectivity index (χ2n) is 9.87. The van der Waals surface area contributed by atoms with E-state index in [4.69, 9.17) is 4.74 Å². The van der Waals surface area contributed by atoms with Crippen LogP contribution in [-0.2, 0) is 32.6 Å². The van der Waals surface area contributed by atoms with E-state index in [1.54, 1.807) is 31.2 Å². The molecule has 42 heavy (non-hydrogen) atoms. The van der Waals surface area contributed by atoms with Crippen molar-refractivity contribution >= 4 is 33.2 Å². The van der Waals surface area contributed by atoms with Crippen molar-refractivity contribution in [3.05, 3.63) is 99.6 Å². The van der Waals surface area contributed by atoms with Crippen molar-refractivity contribution in [3.8, 4) is 5.75 Å². The lowest BCUT2D eigenvalue weighted by atomic mass is 10.0. The van der Waals surface area contributed by atoms with Crippen LogP contribution in [-0.4, -0.2) is 62.6 Å². The van der Waals surface area contributed by atoms with Crippen molar-refractivity contribution in [2.45, 2.75) is 39.3 Å². The Labute approximate surface area is 246 Å². The number of carbonyl (C=O) groups excluding carboxylic acids is 2. The van der Waals surface area contributed by atoms with Gasteiger partial charge in [0.05, 0.1) is 24.0 Å². The van der Waals surface area contributed by atoms with Crippen molar-refractivity contribution in [1.29, 1.82) is 0 Å².